The fourth-order valence-corrected chi connectivity index (χ4v) is 5.16. The second-order valence-electron chi connectivity index (χ2n) is 8.67. The van der Waals surface area contributed by atoms with Crippen LogP contribution in [-0.4, -0.2) is 61.8 Å². The van der Waals surface area contributed by atoms with Crippen LogP contribution in [0.25, 0.3) is 0 Å². The van der Waals surface area contributed by atoms with Crippen molar-refractivity contribution in [1.82, 2.24) is 20.5 Å². The number of rotatable bonds is 9. The van der Waals surface area contributed by atoms with E-state index in [1.54, 1.807) is 11.3 Å². The summed E-state index contributed by atoms with van der Waals surface area (Å²) in [7, 11) is 1.85. The van der Waals surface area contributed by atoms with Crippen LogP contribution in [0, 0.1) is 5.92 Å². The van der Waals surface area contributed by atoms with Crippen LogP contribution in [0.5, 0.6) is 0 Å². The average molecular weight is 564 g/mol. The van der Waals surface area contributed by atoms with E-state index >= 15 is 0 Å². The van der Waals surface area contributed by atoms with Crippen LogP contribution < -0.4 is 10.6 Å². The monoisotopic (exact) mass is 563 g/mol. The van der Waals surface area contributed by atoms with E-state index < -0.39 is 0 Å². The van der Waals surface area contributed by atoms with Crippen molar-refractivity contribution in [3.8, 4) is 0 Å². The summed E-state index contributed by atoms with van der Waals surface area (Å²) in [4.78, 5) is 11.6. The molecule has 0 aromatic carbocycles. The molecule has 0 radical (unpaired) electrons. The highest BCUT2D eigenvalue weighted by atomic mass is 127. The summed E-state index contributed by atoms with van der Waals surface area (Å²) in [5, 5.41) is 10.4. The van der Waals surface area contributed by atoms with Gasteiger partial charge in [-0.25, -0.2) is 4.98 Å². The topological polar surface area (TPSA) is 61.8 Å². The summed E-state index contributed by atoms with van der Waals surface area (Å²) >= 11 is 1.79. The lowest BCUT2D eigenvalue weighted by atomic mass is 9.97. The molecule has 1 saturated heterocycles. The van der Waals surface area contributed by atoms with Crippen LogP contribution in [-0.2, 0) is 17.7 Å². The molecule has 2 aliphatic rings. The Balaban J connectivity index is 0.00000341. The maximum Gasteiger partial charge on any atom is 0.191 e. The molecule has 8 heteroatoms. The Labute approximate surface area is 210 Å². The summed E-state index contributed by atoms with van der Waals surface area (Å²) in [6.07, 6.45) is 11.8. The highest BCUT2D eigenvalue weighted by Gasteiger charge is 2.20. The molecule has 1 saturated carbocycles. The fraction of sp³-hybridized carbons (Fsp3) is 0.826. The van der Waals surface area contributed by atoms with Crippen molar-refractivity contribution >= 4 is 41.3 Å². The fourth-order valence-electron chi connectivity index (χ4n) is 4.43. The van der Waals surface area contributed by atoms with Crippen LogP contribution >= 0.6 is 35.3 Å². The van der Waals surface area contributed by atoms with Crippen molar-refractivity contribution in [1.29, 1.82) is 0 Å². The number of thiazole rings is 1. The Morgan fingerprint density at radius 3 is 2.55 bits per heavy atom. The quantitative estimate of drug-likeness (QED) is 0.153. The van der Waals surface area contributed by atoms with E-state index in [-0.39, 0.29) is 24.0 Å². The van der Waals surface area contributed by atoms with Gasteiger partial charge in [0.2, 0.25) is 0 Å². The lowest BCUT2D eigenvalue weighted by Crippen LogP contribution is -2.43. The van der Waals surface area contributed by atoms with Gasteiger partial charge in [-0.2, -0.15) is 0 Å². The molecule has 2 fully saturated rings. The van der Waals surface area contributed by atoms with Crippen LogP contribution in [0.1, 0.15) is 69.0 Å². The van der Waals surface area contributed by atoms with E-state index in [0.717, 1.165) is 51.7 Å². The molecule has 3 rings (SSSR count). The summed E-state index contributed by atoms with van der Waals surface area (Å²) in [5.41, 5.74) is 1.24. The van der Waals surface area contributed by atoms with Gasteiger partial charge in [0.15, 0.2) is 5.96 Å². The van der Waals surface area contributed by atoms with Crippen molar-refractivity contribution in [3.63, 3.8) is 0 Å². The SMILES string of the molecule is CCc1nc(CN2CCC(CNC(=NC)NCCOC3CCCCCC3)CC2)cs1.I. The standard InChI is InChI=1S/C23H41N5OS.HI/c1-3-22-27-20(18-30-22)17-28-13-10-19(11-14-28)16-26-23(24-2)25-12-15-29-21-8-6-4-5-7-9-21;/h18-19,21H,3-17H2,1-2H3,(H2,24,25,26);1H. The number of nitrogens with one attached hydrogen (secondary N) is 2. The number of aryl methyl sites for hydroxylation is 1. The van der Waals surface area contributed by atoms with Crippen molar-refractivity contribution < 1.29 is 4.74 Å². The van der Waals surface area contributed by atoms with Gasteiger partial charge in [-0.1, -0.05) is 32.6 Å². The number of ether oxygens (including phenoxy) is 1. The predicted molar refractivity (Wildman–Crippen MR) is 142 cm³/mol. The minimum atomic E-state index is 0. The highest BCUT2D eigenvalue weighted by Crippen LogP contribution is 2.20. The predicted octanol–water partition coefficient (Wildman–Crippen LogP) is 4.44. The molecule has 0 spiro atoms. The van der Waals surface area contributed by atoms with Crippen LogP contribution in [0.4, 0.5) is 0 Å². The second-order valence-corrected chi connectivity index (χ2v) is 9.61. The third kappa shape index (κ3) is 9.92. The molecule has 1 aromatic heterocycles. The van der Waals surface area contributed by atoms with E-state index in [4.69, 9.17) is 9.72 Å². The first-order valence-corrected chi connectivity index (χ1v) is 12.9. The number of piperidine rings is 1. The van der Waals surface area contributed by atoms with Gasteiger partial charge in [0.25, 0.3) is 0 Å². The average Bonchev–Trinajstić information content (AvgIpc) is 3.07. The zero-order chi connectivity index (χ0) is 21.0. The van der Waals surface area contributed by atoms with Gasteiger partial charge in [-0.15, -0.1) is 35.3 Å². The number of hydrogen-bond acceptors (Lipinski definition) is 5. The first-order valence-electron chi connectivity index (χ1n) is 12.0. The van der Waals surface area contributed by atoms with Gasteiger partial charge in [-0.05, 0) is 51.1 Å². The van der Waals surface area contributed by atoms with Gasteiger partial charge in [-0.3, -0.25) is 9.89 Å². The maximum absolute atomic E-state index is 6.07. The molecule has 1 aromatic rings. The smallest absolute Gasteiger partial charge is 0.191 e. The second kappa shape index (κ2) is 15.4. The first-order chi connectivity index (χ1) is 14.8. The lowest BCUT2D eigenvalue weighted by molar-refractivity contribution is 0.0468. The van der Waals surface area contributed by atoms with E-state index in [9.17, 15) is 0 Å². The Morgan fingerprint density at radius 2 is 1.90 bits per heavy atom. The van der Waals surface area contributed by atoms with Gasteiger partial charge in [0.05, 0.1) is 23.4 Å². The molecule has 31 heavy (non-hydrogen) atoms. The Morgan fingerprint density at radius 1 is 1.16 bits per heavy atom. The summed E-state index contributed by atoms with van der Waals surface area (Å²) < 4.78 is 6.07. The minimum Gasteiger partial charge on any atom is -0.376 e. The molecule has 6 nitrogen and oxygen atoms in total. The number of likely N-dealkylation sites (tertiary alicyclic amines) is 1. The molecule has 0 atom stereocenters. The van der Waals surface area contributed by atoms with E-state index in [1.807, 2.05) is 7.05 Å². The number of aliphatic imine (C=N–C) groups is 1. The van der Waals surface area contributed by atoms with Gasteiger partial charge in [0, 0.05) is 32.1 Å². The maximum atomic E-state index is 6.07. The normalized spacial score (nSPS) is 19.6. The molecule has 2 N–H and O–H groups in total. The summed E-state index contributed by atoms with van der Waals surface area (Å²) in [6, 6.07) is 0. The number of aromatic nitrogens is 1. The molecular weight excluding hydrogens is 521 g/mol. The van der Waals surface area contributed by atoms with E-state index in [0.29, 0.717) is 12.0 Å². The number of guanidine groups is 1. The van der Waals surface area contributed by atoms with Gasteiger partial charge >= 0.3 is 0 Å². The lowest BCUT2D eigenvalue weighted by Gasteiger charge is -2.31. The van der Waals surface area contributed by atoms with Crippen LogP contribution in [0.15, 0.2) is 10.4 Å². The van der Waals surface area contributed by atoms with Crippen LogP contribution in [0.3, 0.4) is 0 Å². The number of hydrogen-bond donors (Lipinski definition) is 2. The molecule has 0 unspecified atom stereocenters. The zero-order valence-electron chi connectivity index (χ0n) is 19.4. The molecule has 2 heterocycles. The minimum absolute atomic E-state index is 0. The third-order valence-corrected chi connectivity index (χ3v) is 7.37. The van der Waals surface area contributed by atoms with Crippen molar-refractivity contribution in [2.45, 2.75) is 77.4 Å². The Bertz CT molecular complexity index is 625. The number of halogens is 1. The largest absolute Gasteiger partial charge is 0.376 e. The summed E-state index contributed by atoms with van der Waals surface area (Å²) in [5.74, 6) is 1.61. The van der Waals surface area contributed by atoms with Gasteiger partial charge in [0.1, 0.15) is 0 Å². The first kappa shape index (κ1) is 26.8. The molecule has 1 aliphatic heterocycles. The van der Waals surface area contributed by atoms with E-state index in [2.05, 4.69) is 32.8 Å². The molecule has 0 amide bonds. The molecule has 178 valence electrons. The highest BCUT2D eigenvalue weighted by molar-refractivity contribution is 14.0. The van der Waals surface area contributed by atoms with Crippen molar-refractivity contribution in [2.24, 2.45) is 10.9 Å². The van der Waals surface area contributed by atoms with Gasteiger partial charge < -0.3 is 15.4 Å². The third-order valence-electron chi connectivity index (χ3n) is 6.33. The molecular formula is C23H42IN5OS. The molecule has 0 bridgehead atoms. The van der Waals surface area contributed by atoms with Crippen LogP contribution in [0.2, 0.25) is 0 Å². The zero-order valence-corrected chi connectivity index (χ0v) is 22.6. The van der Waals surface area contributed by atoms with E-state index in [1.165, 1.54) is 62.1 Å². The Kier molecular flexibility index (Phi) is 13.3. The van der Waals surface area contributed by atoms with Crippen molar-refractivity contribution in [2.75, 3.05) is 39.8 Å². The van der Waals surface area contributed by atoms with Crippen molar-refractivity contribution in [3.05, 3.63) is 16.1 Å². The summed E-state index contributed by atoms with van der Waals surface area (Å²) in [6.45, 7) is 8.07. The molecule has 1 aliphatic carbocycles. The Hall–Kier alpha value is -0.450. The number of nitrogens with zero attached hydrogens (tertiary/aromatic N) is 3.